The summed E-state index contributed by atoms with van der Waals surface area (Å²) in [5, 5.41) is 22.3. The second-order valence-electron chi connectivity index (χ2n) is 7.70. The molecule has 3 rings (SSSR count). The van der Waals surface area contributed by atoms with E-state index in [0.29, 0.717) is 30.6 Å². The predicted octanol–water partition coefficient (Wildman–Crippen LogP) is 2.28. The molecule has 1 aliphatic rings. The molecule has 2 heterocycles. The maximum Gasteiger partial charge on any atom is 0.191 e. The summed E-state index contributed by atoms with van der Waals surface area (Å²) >= 11 is 5.95. The number of nitrogens with zero attached hydrogens (tertiary/aromatic N) is 4. The number of nitrogens with one attached hydrogen (secondary N) is 2. The summed E-state index contributed by atoms with van der Waals surface area (Å²) in [4.78, 5) is 6.85. The molecule has 172 valence electrons. The summed E-state index contributed by atoms with van der Waals surface area (Å²) in [5.41, 5.74) is 1.06. The minimum atomic E-state index is -0.868. The summed E-state index contributed by atoms with van der Waals surface area (Å²) < 4.78 is 7.17. The van der Waals surface area contributed by atoms with Gasteiger partial charge in [-0.2, -0.15) is 5.10 Å². The van der Waals surface area contributed by atoms with Gasteiger partial charge in [-0.1, -0.05) is 11.6 Å². The maximum atomic E-state index is 10.8. The number of aromatic nitrogens is 2. The average molecular weight is 563 g/mol. The zero-order valence-corrected chi connectivity index (χ0v) is 21.1. The maximum absolute atomic E-state index is 10.8. The number of rotatable bonds is 8. The third kappa shape index (κ3) is 8.57. The van der Waals surface area contributed by atoms with Crippen molar-refractivity contribution in [2.75, 3.05) is 45.9 Å². The van der Waals surface area contributed by atoms with Gasteiger partial charge in [0.1, 0.15) is 0 Å². The molecule has 0 amide bonds. The number of benzene rings is 1. The Kier molecular flexibility index (Phi) is 10.5. The number of hydrogen-bond acceptors (Lipinski definition) is 5. The van der Waals surface area contributed by atoms with Crippen LogP contribution >= 0.6 is 35.6 Å². The summed E-state index contributed by atoms with van der Waals surface area (Å²) in [7, 11) is 0. The van der Waals surface area contributed by atoms with Crippen molar-refractivity contribution in [2.45, 2.75) is 26.0 Å². The van der Waals surface area contributed by atoms with Gasteiger partial charge in [-0.15, -0.1) is 24.0 Å². The van der Waals surface area contributed by atoms with Crippen LogP contribution in [0.5, 0.6) is 0 Å². The van der Waals surface area contributed by atoms with E-state index in [-0.39, 0.29) is 24.0 Å². The molecule has 0 aliphatic carbocycles. The monoisotopic (exact) mass is 562 g/mol. The van der Waals surface area contributed by atoms with E-state index in [9.17, 15) is 5.11 Å². The number of hydrogen-bond donors (Lipinski definition) is 3. The summed E-state index contributed by atoms with van der Waals surface area (Å²) in [5.74, 6) is 0.666. The van der Waals surface area contributed by atoms with Crippen LogP contribution in [-0.4, -0.2) is 77.3 Å². The highest BCUT2D eigenvalue weighted by atomic mass is 127. The number of aliphatic hydroxyl groups is 1. The largest absolute Gasteiger partial charge is 0.387 e. The first-order valence-corrected chi connectivity index (χ1v) is 10.7. The molecule has 1 aromatic heterocycles. The first-order chi connectivity index (χ1) is 14.4. The number of β-amino-alcohol motifs (C(OH)–C–C–N with tert-alkyl or cyclic N) is 1. The van der Waals surface area contributed by atoms with E-state index in [0.717, 1.165) is 44.1 Å². The van der Waals surface area contributed by atoms with E-state index in [4.69, 9.17) is 16.3 Å². The van der Waals surface area contributed by atoms with Crippen molar-refractivity contribution in [1.29, 1.82) is 0 Å². The van der Waals surface area contributed by atoms with Gasteiger partial charge < -0.3 is 20.5 Å². The van der Waals surface area contributed by atoms with Crippen molar-refractivity contribution >= 4 is 41.5 Å². The summed E-state index contributed by atoms with van der Waals surface area (Å²) in [6.07, 6.45) is 3.75. The van der Waals surface area contributed by atoms with E-state index in [1.54, 1.807) is 10.9 Å². The lowest BCUT2D eigenvalue weighted by atomic mass is 10.1. The fourth-order valence-corrected chi connectivity index (χ4v) is 3.39. The molecule has 8 nitrogen and oxygen atoms in total. The summed E-state index contributed by atoms with van der Waals surface area (Å²) in [6, 6.07) is 7.52. The van der Waals surface area contributed by atoms with Crippen LogP contribution in [0.4, 0.5) is 0 Å². The van der Waals surface area contributed by atoms with Crippen molar-refractivity contribution in [2.24, 2.45) is 4.99 Å². The second kappa shape index (κ2) is 12.6. The van der Waals surface area contributed by atoms with E-state index in [1.165, 1.54) is 0 Å². The average Bonchev–Trinajstić information content (AvgIpc) is 3.20. The Morgan fingerprint density at radius 1 is 1.26 bits per heavy atom. The SMILES string of the molecule is CCNC(=NCc1cnn(-c2ccc(Cl)cc2)c1)NCC(C)(O)CN1CCOCC1.I. The standard InChI is InChI=1S/C21H31ClN6O2.HI/c1-3-23-20(25-15-21(2,29)16-27-8-10-30-11-9-27)24-12-17-13-26-28(14-17)19-6-4-18(22)5-7-19;/h4-7,13-14,29H,3,8-12,15-16H2,1-2H3,(H2,23,24,25);1H. The van der Waals surface area contributed by atoms with Gasteiger partial charge in [-0.25, -0.2) is 9.67 Å². The minimum Gasteiger partial charge on any atom is -0.387 e. The van der Waals surface area contributed by atoms with Crippen LogP contribution in [-0.2, 0) is 11.3 Å². The zero-order chi connectivity index (χ0) is 21.4. The van der Waals surface area contributed by atoms with Gasteiger partial charge in [0.25, 0.3) is 0 Å². The van der Waals surface area contributed by atoms with Gasteiger partial charge in [0.15, 0.2) is 5.96 Å². The fraction of sp³-hybridized carbons (Fsp3) is 0.524. The number of guanidine groups is 1. The van der Waals surface area contributed by atoms with Gasteiger partial charge >= 0.3 is 0 Å². The molecule has 1 unspecified atom stereocenters. The van der Waals surface area contributed by atoms with Gasteiger partial charge in [-0.3, -0.25) is 4.90 Å². The molecule has 1 aromatic carbocycles. The highest BCUT2D eigenvalue weighted by Crippen LogP contribution is 2.14. The Labute approximate surface area is 206 Å². The van der Waals surface area contributed by atoms with Crippen LogP contribution in [0.25, 0.3) is 5.69 Å². The predicted molar refractivity (Wildman–Crippen MR) is 135 cm³/mol. The van der Waals surface area contributed by atoms with E-state index < -0.39 is 5.60 Å². The lowest BCUT2D eigenvalue weighted by molar-refractivity contribution is -0.0201. The van der Waals surface area contributed by atoms with E-state index >= 15 is 0 Å². The zero-order valence-electron chi connectivity index (χ0n) is 18.1. The molecule has 31 heavy (non-hydrogen) atoms. The van der Waals surface area contributed by atoms with Crippen molar-refractivity contribution in [3.8, 4) is 5.69 Å². The van der Waals surface area contributed by atoms with Crippen LogP contribution in [0.1, 0.15) is 19.4 Å². The van der Waals surface area contributed by atoms with Crippen LogP contribution in [0, 0.1) is 0 Å². The molecule has 1 fully saturated rings. The minimum absolute atomic E-state index is 0. The topological polar surface area (TPSA) is 86.9 Å². The number of halogens is 2. The Morgan fingerprint density at radius 3 is 2.65 bits per heavy atom. The molecule has 1 aliphatic heterocycles. The lowest BCUT2D eigenvalue weighted by Crippen LogP contribution is -2.52. The van der Waals surface area contributed by atoms with Crippen molar-refractivity contribution in [3.63, 3.8) is 0 Å². The number of morpholine rings is 1. The summed E-state index contributed by atoms with van der Waals surface area (Å²) in [6.45, 7) is 9.21. The first-order valence-electron chi connectivity index (χ1n) is 10.3. The lowest BCUT2D eigenvalue weighted by Gasteiger charge is -2.34. The molecule has 1 atom stereocenters. The van der Waals surface area contributed by atoms with Crippen LogP contribution in [0.3, 0.4) is 0 Å². The third-order valence-corrected chi connectivity index (χ3v) is 5.05. The molecule has 3 N–H and O–H groups in total. The van der Waals surface area contributed by atoms with Crippen LogP contribution in [0.15, 0.2) is 41.7 Å². The molecule has 0 saturated carbocycles. The molecule has 0 radical (unpaired) electrons. The molecule has 1 saturated heterocycles. The van der Waals surface area contributed by atoms with Gasteiger partial charge in [0.05, 0.1) is 37.2 Å². The van der Waals surface area contributed by atoms with Gasteiger partial charge in [0, 0.05) is 49.5 Å². The number of ether oxygens (including phenoxy) is 1. The van der Waals surface area contributed by atoms with Gasteiger partial charge in [-0.05, 0) is 38.1 Å². The Bertz CT molecular complexity index is 822. The van der Waals surface area contributed by atoms with E-state index in [2.05, 4.69) is 25.6 Å². The Balaban J connectivity index is 0.00000341. The highest BCUT2D eigenvalue weighted by Gasteiger charge is 2.25. The molecular formula is C21H32ClIN6O2. The number of aliphatic imine (C=N–C) groups is 1. The quantitative estimate of drug-likeness (QED) is 0.260. The smallest absolute Gasteiger partial charge is 0.191 e. The highest BCUT2D eigenvalue weighted by molar-refractivity contribution is 14.0. The fourth-order valence-electron chi connectivity index (χ4n) is 3.26. The Morgan fingerprint density at radius 2 is 1.97 bits per heavy atom. The van der Waals surface area contributed by atoms with E-state index in [1.807, 2.05) is 44.3 Å². The van der Waals surface area contributed by atoms with Gasteiger partial charge in [0.2, 0.25) is 0 Å². The van der Waals surface area contributed by atoms with Crippen molar-refractivity contribution < 1.29 is 9.84 Å². The van der Waals surface area contributed by atoms with Crippen LogP contribution < -0.4 is 10.6 Å². The first kappa shape index (κ1) is 25.9. The molecule has 0 bridgehead atoms. The van der Waals surface area contributed by atoms with Crippen molar-refractivity contribution in [1.82, 2.24) is 25.3 Å². The molecular weight excluding hydrogens is 531 g/mol. The second-order valence-corrected chi connectivity index (χ2v) is 8.14. The third-order valence-electron chi connectivity index (χ3n) is 4.80. The Hall–Kier alpha value is -1.40. The molecule has 0 spiro atoms. The van der Waals surface area contributed by atoms with Crippen LogP contribution in [0.2, 0.25) is 5.02 Å². The normalized spacial score (nSPS) is 17.0. The van der Waals surface area contributed by atoms with Crippen molar-refractivity contribution in [3.05, 3.63) is 47.2 Å². The molecule has 2 aromatic rings. The molecule has 10 heteroatoms.